The number of imide groups is 1. The molecule has 2 amide bonds. The van der Waals surface area contributed by atoms with Crippen LogP contribution in [-0.2, 0) is 5.41 Å². The highest BCUT2D eigenvalue weighted by Crippen LogP contribution is 2.73. The van der Waals surface area contributed by atoms with Crippen LogP contribution in [0.5, 0.6) is 11.5 Å². The Labute approximate surface area is 197 Å². The van der Waals surface area contributed by atoms with E-state index in [1.165, 1.54) is 4.90 Å². The standard InChI is InChI=1S/C27H26N2O5/c1-3-12-28-13-17-22(28)26(33)11-10-18(29-24(31)15-6-4-5-7-16(15)25(29)32)23-27(17,26)20-14(2)8-9-19(30)21(20)34-23/h3-9,17-18,22-23,30,33H,1,10-13H2,2H3/t17?,18-,22+,23-,26+,27-/m0/s1. The largest absolute Gasteiger partial charge is 0.504 e. The van der Waals surface area contributed by atoms with E-state index in [4.69, 9.17) is 4.74 Å². The Morgan fingerprint density at radius 2 is 1.88 bits per heavy atom. The van der Waals surface area contributed by atoms with Gasteiger partial charge in [0, 0.05) is 30.6 Å². The van der Waals surface area contributed by atoms with E-state index in [2.05, 4.69) is 11.5 Å². The van der Waals surface area contributed by atoms with Gasteiger partial charge in [0.05, 0.1) is 28.2 Å². The number of carbonyl (C=O) groups excluding carboxylic acids is 2. The Morgan fingerprint density at radius 1 is 1.18 bits per heavy atom. The maximum atomic E-state index is 13.4. The number of amides is 2. The van der Waals surface area contributed by atoms with Crippen molar-refractivity contribution in [3.05, 3.63) is 71.3 Å². The van der Waals surface area contributed by atoms with E-state index < -0.39 is 23.2 Å². The predicted octanol–water partition coefficient (Wildman–Crippen LogP) is 2.39. The maximum Gasteiger partial charge on any atom is 0.261 e. The molecule has 3 heterocycles. The Balaban J connectivity index is 1.38. The average molecular weight is 459 g/mol. The monoisotopic (exact) mass is 458 g/mol. The van der Waals surface area contributed by atoms with Crippen molar-refractivity contribution in [2.24, 2.45) is 5.92 Å². The first kappa shape index (κ1) is 20.2. The van der Waals surface area contributed by atoms with Crippen LogP contribution in [-0.4, -0.2) is 68.7 Å². The zero-order chi connectivity index (χ0) is 23.6. The fourth-order valence-electron chi connectivity index (χ4n) is 7.99. The average Bonchev–Trinajstić information content (AvgIpc) is 3.30. The summed E-state index contributed by atoms with van der Waals surface area (Å²) in [5, 5.41) is 23.0. The zero-order valence-corrected chi connectivity index (χ0v) is 18.9. The van der Waals surface area contributed by atoms with E-state index in [1.807, 2.05) is 19.1 Å². The van der Waals surface area contributed by atoms with E-state index in [0.29, 0.717) is 36.3 Å². The minimum absolute atomic E-state index is 0.0264. The summed E-state index contributed by atoms with van der Waals surface area (Å²) in [6, 6.07) is 9.79. The summed E-state index contributed by atoms with van der Waals surface area (Å²) in [6.45, 7) is 7.29. The first-order valence-electron chi connectivity index (χ1n) is 11.9. The van der Waals surface area contributed by atoms with Crippen molar-refractivity contribution in [1.82, 2.24) is 9.80 Å². The van der Waals surface area contributed by atoms with Gasteiger partial charge in [-0.15, -0.1) is 6.58 Å². The number of aliphatic hydroxyl groups is 1. The van der Waals surface area contributed by atoms with Crippen LogP contribution in [0, 0.1) is 12.8 Å². The van der Waals surface area contributed by atoms with Crippen LogP contribution >= 0.6 is 0 Å². The molecule has 174 valence electrons. The number of fused-ring (bicyclic) bond motifs is 4. The predicted molar refractivity (Wildman–Crippen MR) is 123 cm³/mol. The summed E-state index contributed by atoms with van der Waals surface area (Å²) in [7, 11) is 0. The molecule has 34 heavy (non-hydrogen) atoms. The van der Waals surface area contributed by atoms with Crippen LogP contribution in [0.3, 0.4) is 0 Å². The van der Waals surface area contributed by atoms with Crippen molar-refractivity contribution in [3.8, 4) is 11.5 Å². The molecule has 2 N–H and O–H groups in total. The lowest BCUT2D eigenvalue weighted by Gasteiger charge is -2.77. The molecule has 7 rings (SSSR count). The number of hydrogen-bond acceptors (Lipinski definition) is 6. The molecule has 0 bridgehead atoms. The number of phenolic OH excluding ortho intramolecular Hbond substituents is 1. The van der Waals surface area contributed by atoms with E-state index in [0.717, 1.165) is 17.7 Å². The Hall–Kier alpha value is -3.16. The number of piperidine rings is 1. The normalized spacial score (nSPS) is 36.9. The highest BCUT2D eigenvalue weighted by molar-refractivity contribution is 6.21. The van der Waals surface area contributed by atoms with Gasteiger partial charge in [-0.2, -0.15) is 0 Å². The number of rotatable bonds is 3. The first-order valence-corrected chi connectivity index (χ1v) is 11.9. The molecule has 7 nitrogen and oxygen atoms in total. The lowest BCUT2D eigenvalue weighted by Crippen LogP contribution is -2.92. The van der Waals surface area contributed by atoms with Gasteiger partial charge in [0.1, 0.15) is 6.10 Å². The molecule has 2 saturated carbocycles. The molecule has 7 heteroatoms. The number of nitrogens with zero attached hydrogens (tertiary/aromatic N) is 2. The summed E-state index contributed by atoms with van der Waals surface area (Å²) < 4.78 is 6.49. The SMILES string of the molecule is C=CCN1CC2[C@@H]1[C@]1(O)CC[C@H](N3C(=O)c4ccccc4C3=O)[C@@H]3Oc4c(O)ccc(C)c4[C@@]231. The molecule has 2 aliphatic carbocycles. The molecule has 3 aliphatic heterocycles. The summed E-state index contributed by atoms with van der Waals surface area (Å²) >= 11 is 0. The number of hydrogen-bond donors (Lipinski definition) is 2. The van der Waals surface area contributed by atoms with Crippen LogP contribution in [0.4, 0.5) is 0 Å². The molecule has 2 aromatic rings. The molecule has 1 saturated heterocycles. The lowest BCUT2D eigenvalue weighted by molar-refractivity contribution is -0.318. The van der Waals surface area contributed by atoms with Gasteiger partial charge < -0.3 is 14.9 Å². The number of phenols is 1. The quantitative estimate of drug-likeness (QED) is 0.542. The topological polar surface area (TPSA) is 90.3 Å². The van der Waals surface area contributed by atoms with E-state index in [-0.39, 0.29) is 29.5 Å². The van der Waals surface area contributed by atoms with Crippen LogP contribution in [0.1, 0.15) is 44.7 Å². The third-order valence-electron chi connectivity index (χ3n) is 9.14. The van der Waals surface area contributed by atoms with Crippen LogP contribution < -0.4 is 4.74 Å². The van der Waals surface area contributed by atoms with Crippen molar-refractivity contribution in [2.75, 3.05) is 13.1 Å². The fraction of sp³-hybridized carbons (Fsp3) is 0.407. The number of benzene rings is 2. The molecule has 1 spiro atoms. The smallest absolute Gasteiger partial charge is 0.261 e. The van der Waals surface area contributed by atoms with Crippen LogP contribution in [0.25, 0.3) is 0 Å². The highest BCUT2D eigenvalue weighted by Gasteiger charge is 2.85. The van der Waals surface area contributed by atoms with E-state index in [1.54, 1.807) is 30.3 Å². The minimum Gasteiger partial charge on any atom is -0.504 e. The summed E-state index contributed by atoms with van der Waals surface area (Å²) in [5.41, 5.74) is 0.723. The molecule has 6 atom stereocenters. The van der Waals surface area contributed by atoms with E-state index in [9.17, 15) is 19.8 Å². The highest BCUT2D eigenvalue weighted by atomic mass is 16.5. The summed E-state index contributed by atoms with van der Waals surface area (Å²) in [4.78, 5) is 30.4. The number of aromatic hydroxyl groups is 1. The van der Waals surface area contributed by atoms with Crippen LogP contribution in [0.2, 0.25) is 0 Å². The van der Waals surface area contributed by atoms with Crippen molar-refractivity contribution in [2.45, 2.75) is 49.0 Å². The van der Waals surface area contributed by atoms with Crippen LogP contribution in [0.15, 0.2) is 49.1 Å². The third kappa shape index (κ3) is 1.96. The zero-order valence-electron chi connectivity index (χ0n) is 18.9. The van der Waals surface area contributed by atoms with Gasteiger partial charge in [-0.3, -0.25) is 19.4 Å². The van der Waals surface area contributed by atoms with Gasteiger partial charge in [0.15, 0.2) is 11.5 Å². The molecule has 2 aromatic carbocycles. The Bertz CT molecular complexity index is 1270. The molecule has 3 fully saturated rings. The van der Waals surface area contributed by atoms with Crippen molar-refractivity contribution in [1.29, 1.82) is 0 Å². The lowest BCUT2D eigenvalue weighted by atomic mass is 9.35. The Kier molecular flexibility index (Phi) is 3.74. The number of ether oxygens (including phenoxy) is 1. The second-order valence-corrected chi connectivity index (χ2v) is 10.4. The summed E-state index contributed by atoms with van der Waals surface area (Å²) in [5.74, 6) is -0.123. The Morgan fingerprint density at radius 3 is 2.56 bits per heavy atom. The molecular formula is C27H26N2O5. The van der Waals surface area contributed by atoms with Gasteiger partial charge in [-0.25, -0.2) is 0 Å². The van der Waals surface area contributed by atoms with Crippen molar-refractivity contribution >= 4 is 11.8 Å². The first-order chi connectivity index (χ1) is 16.4. The molecule has 0 radical (unpaired) electrons. The van der Waals surface area contributed by atoms with Crippen molar-refractivity contribution in [3.63, 3.8) is 0 Å². The number of likely N-dealkylation sites (tertiary alicyclic amines) is 1. The fourth-order valence-corrected chi connectivity index (χ4v) is 7.99. The molecule has 5 aliphatic rings. The minimum atomic E-state index is -1.08. The van der Waals surface area contributed by atoms with Gasteiger partial charge >= 0.3 is 0 Å². The van der Waals surface area contributed by atoms with Gasteiger partial charge in [-0.05, 0) is 43.5 Å². The van der Waals surface area contributed by atoms with Gasteiger partial charge in [0.2, 0.25) is 0 Å². The second-order valence-electron chi connectivity index (χ2n) is 10.4. The van der Waals surface area contributed by atoms with Crippen molar-refractivity contribution < 1.29 is 24.5 Å². The van der Waals surface area contributed by atoms with Gasteiger partial charge in [-0.1, -0.05) is 24.3 Å². The maximum absolute atomic E-state index is 13.4. The van der Waals surface area contributed by atoms with Gasteiger partial charge in [0.25, 0.3) is 11.8 Å². The second kappa shape index (κ2) is 6.29. The number of aryl methyl sites for hydroxylation is 1. The molecule has 1 unspecified atom stereocenters. The molecule has 0 aromatic heterocycles. The van der Waals surface area contributed by atoms with E-state index >= 15 is 0 Å². The summed E-state index contributed by atoms with van der Waals surface area (Å²) in [6.07, 6.45) is 2.10. The molecular weight excluding hydrogens is 432 g/mol. The number of carbonyl (C=O) groups is 2. The third-order valence-corrected chi connectivity index (χ3v) is 9.14.